The summed E-state index contributed by atoms with van der Waals surface area (Å²) in [6, 6.07) is 7.95. The molecule has 1 saturated heterocycles. The average molecular weight is 464 g/mol. The molecule has 1 aromatic carbocycles. The zero-order valence-corrected chi connectivity index (χ0v) is 18.3. The van der Waals surface area contributed by atoms with Gasteiger partial charge in [0.1, 0.15) is 16.4 Å². The second kappa shape index (κ2) is 10.9. The van der Waals surface area contributed by atoms with Crippen LogP contribution in [0.15, 0.2) is 52.0 Å². The number of carbonyl (C=O) groups is 2. The van der Waals surface area contributed by atoms with E-state index in [0.717, 1.165) is 6.08 Å². The molecule has 1 amide bonds. The molecule has 2 heterocycles. The van der Waals surface area contributed by atoms with Crippen molar-refractivity contribution >= 4 is 28.0 Å². The van der Waals surface area contributed by atoms with E-state index in [4.69, 9.17) is 18.6 Å². The molecular weight excluding hydrogens is 440 g/mol. The molecule has 32 heavy (non-hydrogen) atoms. The van der Waals surface area contributed by atoms with E-state index in [2.05, 4.69) is 5.32 Å². The van der Waals surface area contributed by atoms with E-state index in [0.29, 0.717) is 24.5 Å². The minimum Gasteiger partial charge on any atom is -0.495 e. The number of sulfonamides is 1. The van der Waals surface area contributed by atoms with Crippen molar-refractivity contribution in [1.82, 2.24) is 9.62 Å². The fourth-order valence-corrected chi connectivity index (χ4v) is 4.52. The molecule has 1 aromatic heterocycles. The van der Waals surface area contributed by atoms with Gasteiger partial charge < -0.3 is 23.9 Å². The van der Waals surface area contributed by atoms with Gasteiger partial charge in [-0.1, -0.05) is 6.07 Å². The molecule has 3 rings (SSSR count). The Balaban J connectivity index is 1.60. The summed E-state index contributed by atoms with van der Waals surface area (Å²) in [5.74, 6) is -0.450. The first-order chi connectivity index (χ1) is 15.4. The van der Waals surface area contributed by atoms with E-state index >= 15 is 0 Å². The molecule has 0 bridgehead atoms. The molecular formula is C21H24N2O8S. The summed E-state index contributed by atoms with van der Waals surface area (Å²) in [7, 11) is -2.41. The molecule has 1 aliphatic heterocycles. The van der Waals surface area contributed by atoms with Crippen molar-refractivity contribution < 1.29 is 36.6 Å². The van der Waals surface area contributed by atoms with Crippen LogP contribution in [0.1, 0.15) is 11.3 Å². The van der Waals surface area contributed by atoms with Gasteiger partial charge >= 0.3 is 5.97 Å². The fourth-order valence-electron chi connectivity index (χ4n) is 2.92. The Morgan fingerprint density at radius 2 is 2.00 bits per heavy atom. The van der Waals surface area contributed by atoms with Crippen LogP contribution in [0.25, 0.3) is 6.08 Å². The van der Waals surface area contributed by atoms with Crippen LogP contribution in [0.5, 0.6) is 5.75 Å². The van der Waals surface area contributed by atoms with Crippen molar-refractivity contribution in [2.75, 3.05) is 40.0 Å². The predicted molar refractivity (Wildman–Crippen MR) is 113 cm³/mol. The third-order valence-corrected chi connectivity index (χ3v) is 6.49. The Kier molecular flexibility index (Phi) is 8.03. The smallest absolute Gasteiger partial charge is 0.331 e. The third-order valence-electron chi connectivity index (χ3n) is 4.57. The zero-order chi connectivity index (χ0) is 23.0. The van der Waals surface area contributed by atoms with Gasteiger partial charge in [0.25, 0.3) is 5.91 Å². The van der Waals surface area contributed by atoms with Gasteiger partial charge in [0.15, 0.2) is 6.61 Å². The summed E-state index contributed by atoms with van der Waals surface area (Å²) in [4.78, 5) is 23.7. The molecule has 1 aliphatic rings. The quantitative estimate of drug-likeness (QED) is 0.433. The second-order valence-corrected chi connectivity index (χ2v) is 8.63. The number of furan rings is 1. The molecule has 0 unspecified atom stereocenters. The number of nitrogens with one attached hydrogen (secondary N) is 1. The number of rotatable bonds is 9. The predicted octanol–water partition coefficient (Wildman–Crippen LogP) is 1.18. The molecule has 10 nitrogen and oxygen atoms in total. The van der Waals surface area contributed by atoms with Crippen molar-refractivity contribution in [3.63, 3.8) is 0 Å². The normalized spacial score (nSPS) is 14.9. The van der Waals surface area contributed by atoms with E-state index in [1.807, 2.05) is 0 Å². The molecule has 0 radical (unpaired) electrons. The summed E-state index contributed by atoms with van der Waals surface area (Å²) in [5.41, 5.74) is 0.455. The molecule has 0 aliphatic carbocycles. The number of amides is 1. The van der Waals surface area contributed by atoms with E-state index < -0.39 is 28.5 Å². The van der Waals surface area contributed by atoms with Crippen LogP contribution in [-0.4, -0.2) is 64.6 Å². The number of ether oxygens (including phenoxy) is 3. The summed E-state index contributed by atoms with van der Waals surface area (Å²) in [6.45, 7) is 0.874. The summed E-state index contributed by atoms with van der Waals surface area (Å²) in [6.07, 6.45) is 4.01. The highest BCUT2D eigenvalue weighted by Crippen LogP contribution is 2.28. The second-order valence-electron chi connectivity index (χ2n) is 6.72. The minimum absolute atomic E-state index is 0.00489. The Labute approximate surface area is 185 Å². The molecule has 1 N–H and O–H groups in total. The SMILES string of the molecule is COc1ccc(/C=C/C(=O)OCC(=O)NCc2ccco2)cc1S(=O)(=O)N1CCOCC1. The highest BCUT2D eigenvalue weighted by atomic mass is 32.2. The van der Waals surface area contributed by atoms with E-state index in [9.17, 15) is 18.0 Å². The van der Waals surface area contributed by atoms with Crippen LogP contribution < -0.4 is 10.1 Å². The Hall–Kier alpha value is -3.15. The fraction of sp³-hybridized carbons (Fsp3) is 0.333. The standard InChI is InChI=1S/C21H24N2O8S/c1-28-18-6-4-16(13-19(18)32(26,27)23-8-11-29-12-9-23)5-7-21(25)31-15-20(24)22-14-17-3-2-10-30-17/h2-7,10,13H,8-9,11-12,14-15H2,1H3,(H,22,24)/b7-5+. The number of benzene rings is 1. The van der Waals surface area contributed by atoms with E-state index in [1.165, 1.54) is 35.9 Å². The van der Waals surface area contributed by atoms with Crippen LogP contribution in [0.4, 0.5) is 0 Å². The molecule has 2 aromatic rings. The Morgan fingerprint density at radius 3 is 2.69 bits per heavy atom. The van der Waals surface area contributed by atoms with Crippen LogP contribution in [0.2, 0.25) is 0 Å². The number of hydrogen-bond acceptors (Lipinski definition) is 8. The minimum atomic E-state index is -3.79. The summed E-state index contributed by atoms with van der Waals surface area (Å²) < 4.78 is 47.8. The molecule has 0 atom stereocenters. The van der Waals surface area contributed by atoms with Gasteiger partial charge in [-0.3, -0.25) is 4.79 Å². The average Bonchev–Trinajstić information content (AvgIpc) is 3.34. The van der Waals surface area contributed by atoms with Gasteiger partial charge in [0, 0.05) is 19.2 Å². The largest absolute Gasteiger partial charge is 0.495 e. The number of morpholine rings is 1. The number of methoxy groups -OCH3 is 1. The van der Waals surface area contributed by atoms with Crippen LogP contribution in [0.3, 0.4) is 0 Å². The third kappa shape index (κ3) is 6.19. The number of nitrogens with zero attached hydrogens (tertiary/aromatic N) is 1. The first-order valence-electron chi connectivity index (χ1n) is 9.80. The molecule has 11 heteroatoms. The highest BCUT2D eigenvalue weighted by molar-refractivity contribution is 7.89. The van der Waals surface area contributed by atoms with Crippen molar-refractivity contribution in [2.24, 2.45) is 0 Å². The zero-order valence-electron chi connectivity index (χ0n) is 17.5. The summed E-state index contributed by atoms with van der Waals surface area (Å²) >= 11 is 0. The van der Waals surface area contributed by atoms with Gasteiger partial charge in [0.05, 0.1) is 33.1 Å². The maximum Gasteiger partial charge on any atom is 0.331 e. The van der Waals surface area contributed by atoms with E-state index in [1.54, 1.807) is 18.2 Å². The number of esters is 1. The number of carbonyl (C=O) groups excluding carboxylic acids is 2. The molecule has 0 spiro atoms. The topological polar surface area (TPSA) is 124 Å². The van der Waals surface area contributed by atoms with Crippen molar-refractivity contribution in [3.8, 4) is 5.75 Å². The van der Waals surface area contributed by atoms with Gasteiger partial charge in [-0.05, 0) is 35.9 Å². The Bertz CT molecular complexity index is 1060. The lowest BCUT2D eigenvalue weighted by Gasteiger charge is -2.26. The lowest BCUT2D eigenvalue weighted by molar-refractivity contribution is -0.143. The van der Waals surface area contributed by atoms with Crippen LogP contribution >= 0.6 is 0 Å². The van der Waals surface area contributed by atoms with Gasteiger partial charge in [-0.2, -0.15) is 4.31 Å². The maximum absolute atomic E-state index is 13.0. The maximum atomic E-state index is 13.0. The van der Waals surface area contributed by atoms with Gasteiger partial charge in [-0.15, -0.1) is 0 Å². The Morgan fingerprint density at radius 1 is 1.22 bits per heavy atom. The van der Waals surface area contributed by atoms with Crippen molar-refractivity contribution in [2.45, 2.75) is 11.4 Å². The molecule has 0 saturated carbocycles. The lowest BCUT2D eigenvalue weighted by atomic mass is 10.2. The first-order valence-corrected chi connectivity index (χ1v) is 11.2. The highest BCUT2D eigenvalue weighted by Gasteiger charge is 2.29. The monoisotopic (exact) mass is 464 g/mol. The van der Waals surface area contributed by atoms with Gasteiger partial charge in [0.2, 0.25) is 10.0 Å². The molecule has 1 fully saturated rings. The lowest BCUT2D eigenvalue weighted by Crippen LogP contribution is -2.40. The summed E-state index contributed by atoms with van der Waals surface area (Å²) in [5, 5.41) is 2.55. The van der Waals surface area contributed by atoms with Crippen LogP contribution in [-0.2, 0) is 35.6 Å². The van der Waals surface area contributed by atoms with Crippen molar-refractivity contribution in [1.29, 1.82) is 0 Å². The van der Waals surface area contributed by atoms with Crippen molar-refractivity contribution in [3.05, 3.63) is 54.0 Å². The van der Waals surface area contributed by atoms with E-state index in [-0.39, 0.29) is 30.3 Å². The van der Waals surface area contributed by atoms with Crippen LogP contribution in [0, 0.1) is 0 Å². The first kappa shape index (κ1) is 23.5. The number of hydrogen-bond donors (Lipinski definition) is 1. The molecule has 172 valence electrons. The van der Waals surface area contributed by atoms with Gasteiger partial charge in [-0.25, -0.2) is 13.2 Å².